The highest BCUT2D eigenvalue weighted by atomic mass is 35.5. The van der Waals surface area contributed by atoms with Gasteiger partial charge in [0.25, 0.3) is 0 Å². The Morgan fingerprint density at radius 2 is 1.59 bits per heavy atom. The molecule has 0 heterocycles. The minimum atomic E-state index is -0.874. The van der Waals surface area contributed by atoms with Crippen LogP contribution in [0, 0.1) is 56.2 Å². The van der Waals surface area contributed by atoms with E-state index in [-0.39, 0.29) is 82.4 Å². The SMILES string of the molecule is CC(=O)N(CC(=O)C12CC[C@]3(C)C(CC[C@@H]4[C@@]5(C)CC[C@H](OC(=O)CC(C)(C)C=O)C(C)(C)[C@@H]5CC[C@]43C)C1=C(C(C)C)C(=O)C2)Cc1ccc(Cl)cc1. The fourth-order valence-electron chi connectivity index (χ4n) is 13.2. The van der Waals surface area contributed by atoms with Gasteiger partial charge >= 0.3 is 5.97 Å². The summed E-state index contributed by atoms with van der Waals surface area (Å²) in [7, 11) is 0. The van der Waals surface area contributed by atoms with Crippen LogP contribution < -0.4 is 0 Å². The third-order valence-electron chi connectivity index (χ3n) is 16.2. The molecule has 8 atom stereocenters. The second-order valence-corrected chi connectivity index (χ2v) is 20.8. The number of amides is 1. The average molecular weight is 762 g/mol. The Morgan fingerprint density at radius 3 is 2.20 bits per heavy atom. The molecule has 0 N–H and O–H groups in total. The van der Waals surface area contributed by atoms with Gasteiger partial charge in [0.1, 0.15) is 12.4 Å². The van der Waals surface area contributed by atoms with Crippen molar-refractivity contribution in [3.63, 3.8) is 0 Å². The number of hydrogen-bond donors (Lipinski definition) is 0. The lowest BCUT2D eigenvalue weighted by Crippen LogP contribution is -2.66. The molecule has 0 bridgehead atoms. The number of carbonyl (C=O) groups is 5. The fraction of sp³-hybridized carbons (Fsp3) is 0.717. The van der Waals surface area contributed by atoms with E-state index in [0.29, 0.717) is 29.8 Å². The molecule has 296 valence electrons. The largest absolute Gasteiger partial charge is 0.462 e. The molecule has 54 heavy (non-hydrogen) atoms. The molecule has 0 aliphatic heterocycles. The standard InChI is InChI=1S/C46H64ClNO6/c1-28(2)39-33(51)23-46(36(52)26-48(29(3)50)25-30-11-13-31(47)14-12-30)22-21-44(9)32(40(39)46)15-16-35-43(8)19-18-37(54-38(53)24-41(4,5)27-49)42(6,7)34(43)17-20-45(35,44)10/h11-14,27-28,32,34-35,37H,15-26H2,1-10H3/t32?,34-,35+,37-,43-,44+,45+,46?/m0/s1. The molecule has 1 amide bonds. The van der Waals surface area contributed by atoms with Gasteiger partial charge < -0.3 is 14.4 Å². The van der Waals surface area contributed by atoms with Gasteiger partial charge in [-0.25, -0.2) is 0 Å². The second kappa shape index (κ2) is 14.0. The predicted molar refractivity (Wildman–Crippen MR) is 211 cm³/mol. The van der Waals surface area contributed by atoms with Crippen LogP contribution in [0.3, 0.4) is 0 Å². The molecule has 0 radical (unpaired) electrons. The molecule has 8 heteroatoms. The minimum Gasteiger partial charge on any atom is -0.462 e. The van der Waals surface area contributed by atoms with E-state index >= 15 is 0 Å². The van der Waals surface area contributed by atoms with Crippen molar-refractivity contribution >= 4 is 41.3 Å². The lowest BCUT2D eigenvalue weighted by atomic mass is 9.33. The lowest BCUT2D eigenvalue weighted by Gasteiger charge is -2.72. The number of ether oxygens (including phenoxy) is 1. The molecule has 0 saturated heterocycles. The van der Waals surface area contributed by atoms with Crippen molar-refractivity contribution < 1.29 is 28.7 Å². The number of Topliss-reactive ketones (excluding diaryl/α,β-unsaturated/α-hetero) is 2. The molecule has 1 aromatic carbocycles. The van der Waals surface area contributed by atoms with E-state index in [1.807, 2.05) is 12.1 Å². The number of aldehydes is 1. The van der Waals surface area contributed by atoms with Crippen LogP contribution in [0.1, 0.15) is 139 Å². The Kier molecular flexibility index (Phi) is 10.6. The molecule has 7 nitrogen and oxygen atoms in total. The lowest BCUT2D eigenvalue weighted by molar-refractivity contribution is -0.233. The highest BCUT2D eigenvalue weighted by molar-refractivity contribution is 6.30. The first-order valence-corrected chi connectivity index (χ1v) is 20.9. The Balaban J connectivity index is 1.30. The predicted octanol–water partition coefficient (Wildman–Crippen LogP) is 9.77. The molecule has 0 aromatic heterocycles. The zero-order valence-electron chi connectivity index (χ0n) is 34.5. The van der Waals surface area contributed by atoms with E-state index in [4.69, 9.17) is 16.3 Å². The van der Waals surface area contributed by atoms with Crippen molar-refractivity contribution in [2.75, 3.05) is 6.54 Å². The van der Waals surface area contributed by atoms with E-state index in [2.05, 4.69) is 48.5 Å². The molecule has 1 aromatic rings. The summed E-state index contributed by atoms with van der Waals surface area (Å²) < 4.78 is 6.21. The quantitative estimate of drug-likeness (QED) is 0.174. The van der Waals surface area contributed by atoms with Gasteiger partial charge in [0, 0.05) is 35.7 Å². The van der Waals surface area contributed by atoms with Crippen molar-refractivity contribution in [3.05, 3.63) is 46.0 Å². The van der Waals surface area contributed by atoms with E-state index in [9.17, 15) is 24.0 Å². The van der Waals surface area contributed by atoms with Gasteiger partial charge in [0.15, 0.2) is 11.6 Å². The molecular weight excluding hydrogens is 698 g/mol. The summed E-state index contributed by atoms with van der Waals surface area (Å²) in [5.74, 6) is 0.608. The zero-order valence-corrected chi connectivity index (χ0v) is 35.3. The summed E-state index contributed by atoms with van der Waals surface area (Å²) >= 11 is 6.13. The van der Waals surface area contributed by atoms with E-state index in [1.165, 1.54) is 6.92 Å². The Bertz CT molecular complexity index is 1740. The summed E-state index contributed by atoms with van der Waals surface area (Å²) in [4.78, 5) is 68.3. The topological polar surface area (TPSA) is 97.8 Å². The number of rotatable bonds is 10. The maximum absolute atomic E-state index is 14.9. The molecular formula is C46H64ClNO6. The van der Waals surface area contributed by atoms with Crippen molar-refractivity contribution in [2.45, 2.75) is 146 Å². The Hall–Kier alpha value is -2.80. The fourth-order valence-corrected chi connectivity index (χ4v) is 13.3. The Labute approximate surface area is 328 Å². The van der Waals surface area contributed by atoms with Crippen LogP contribution in [0.2, 0.25) is 5.02 Å². The van der Waals surface area contributed by atoms with Gasteiger partial charge in [-0.05, 0) is 120 Å². The number of halogens is 1. The number of benzene rings is 1. The van der Waals surface area contributed by atoms with Crippen molar-refractivity contribution in [1.82, 2.24) is 4.90 Å². The monoisotopic (exact) mass is 761 g/mol. The van der Waals surface area contributed by atoms with Crippen LogP contribution in [-0.4, -0.2) is 47.3 Å². The van der Waals surface area contributed by atoms with Crippen LogP contribution in [0.4, 0.5) is 0 Å². The first kappa shape index (κ1) is 40.9. The van der Waals surface area contributed by atoms with Crippen molar-refractivity contribution in [2.24, 2.45) is 56.2 Å². The van der Waals surface area contributed by atoms with Crippen LogP contribution in [0.15, 0.2) is 35.4 Å². The van der Waals surface area contributed by atoms with Crippen LogP contribution in [0.25, 0.3) is 0 Å². The number of allylic oxidation sites excluding steroid dienone is 2. The molecule has 6 rings (SSSR count). The Morgan fingerprint density at radius 1 is 0.926 bits per heavy atom. The highest BCUT2D eigenvalue weighted by Gasteiger charge is 2.71. The summed E-state index contributed by atoms with van der Waals surface area (Å²) in [6.45, 7) is 21.6. The van der Waals surface area contributed by atoms with Gasteiger partial charge in [0.2, 0.25) is 5.91 Å². The maximum atomic E-state index is 14.9. The number of fused-ring (bicyclic) bond motifs is 7. The van der Waals surface area contributed by atoms with E-state index < -0.39 is 10.8 Å². The summed E-state index contributed by atoms with van der Waals surface area (Å²) in [6.07, 6.45) is 8.27. The van der Waals surface area contributed by atoms with Gasteiger partial charge in [-0.2, -0.15) is 0 Å². The third kappa shape index (κ3) is 6.44. The molecule has 5 aliphatic carbocycles. The summed E-state index contributed by atoms with van der Waals surface area (Å²) in [5, 5.41) is 0.619. The number of carbonyl (C=O) groups excluding carboxylic acids is 5. The minimum absolute atomic E-state index is 0.00167. The third-order valence-corrected chi connectivity index (χ3v) is 16.4. The van der Waals surface area contributed by atoms with Gasteiger partial charge in [0.05, 0.1) is 18.4 Å². The number of hydrogen-bond acceptors (Lipinski definition) is 6. The average Bonchev–Trinajstić information content (AvgIpc) is 3.40. The molecule has 2 unspecified atom stereocenters. The summed E-state index contributed by atoms with van der Waals surface area (Å²) in [6, 6.07) is 7.38. The van der Waals surface area contributed by atoms with Crippen LogP contribution >= 0.6 is 11.6 Å². The van der Waals surface area contributed by atoms with Gasteiger partial charge in [-0.1, -0.05) is 86.0 Å². The molecule has 4 fully saturated rings. The molecule has 4 saturated carbocycles. The maximum Gasteiger partial charge on any atom is 0.307 e. The smallest absolute Gasteiger partial charge is 0.307 e. The summed E-state index contributed by atoms with van der Waals surface area (Å²) in [5.41, 5.74) is 0.978. The van der Waals surface area contributed by atoms with Crippen molar-refractivity contribution in [1.29, 1.82) is 0 Å². The molecule has 5 aliphatic rings. The molecule has 0 spiro atoms. The normalized spacial score (nSPS) is 35.7. The van der Waals surface area contributed by atoms with Crippen LogP contribution in [0.5, 0.6) is 0 Å². The second-order valence-electron chi connectivity index (χ2n) is 20.3. The highest BCUT2D eigenvalue weighted by Crippen LogP contribution is 2.76. The first-order valence-electron chi connectivity index (χ1n) is 20.5. The zero-order chi connectivity index (χ0) is 39.8. The van der Waals surface area contributed by atoms with Crippen LogP contribution in [-0.2, 0) is 35.3 Å². The van der Waals surface area contributed by atoms with E-state index in [0.717, 1.165) is 67.9 Å². The first-order chi connectivity index (χ1) is 25.1. The number of nitrogens with zero attached hydrogens (tertiary/aromatic N) is 1. The number of ketones is 2. The number of esters is 1. The van der Waals surface area contributed by atoms with E-state index in [1.54, 1.807) is 30.9 Å². The van der Waals surface area contributed by atoms with Crippen molar-refractivity contribution in [3.8, 4) is 0 Å². The van der Waals surface area contributed by atoms with Gasteiger partial charge in [-0.3, -0.25) is 19.2 Å². The van der Waals surface area contributed by atoms with Gasteiger partial charge in [-0.15, -0.1) is 0 Å².